The zero-order chi connectivity index (χ0) is 13.1. The fraction of sp³-hybridized carbons (Fsp3) is 0.250. The van der Waals surface area contributed by atoms with Gasteiger partial charge in [0.05, 0.1) is 0 Å². The van der Waals surface area contributed by atoms with Crippen molar-refractivity contribution >= 4 is 11.5 Å². The van der Waals surface area contributed by atoms with Gasteiger partial charge in [0.2, 0.25) is 0 Å². The second-order valence-corrected chi connectivity index (χ2v) is 4.78. The number of fused-ring (bicyclic) bond motifs is 1. The van der Waals surface area contributed by atoms with E-state index in [2.05, 4.69) is 9.88 Å². The Morgan fingerprint density at radius 3 is 2.74 bits per heavy atom. The Morgan fingerprint density at radius 1 is 1.11 bits per heavy atom. The molecule has 1 aliphatic rings. The molecule has 2 heterocycles. The first-order valence-corrected chi connectivity index (χ1v) is 6.61. The Balaban J connectivity index is 1.76. The summed E-state index contributed by atoms with van der Waals surface area (Å²) in [6.07, 6.45) is 5.24. The van der Waals surface area contributed by atoms with Gasteiger partial charge in [-0.1, -0.05) is 12.1 Å². The first-order chi connectivity index (χ1) is 9.34. The van der Waals surface area contributed by atoms with Crippen LogP contribution in [0, 0.1) is 0 Å². The number of rotatable bonds is 3. The van der Waals surface area contributed by atoms with Crippen molar-refractivity contribution in [1.82, 2.24) is 4.98 Å². The second kappa shape index (κ2) is 5.22. The summed E-state index contributed by atoms with van der Waals surface area (Å²) < 4.78 is 0. The average Bonchev–Trinajstić information content (AvgIpc) is 2.48. The molecular weight excluding hydrogens is 236 g/mol. The first-order valence-electron chi connectivity index (χ1n) is 6.61. The molecule has 0 unspecified atom stereocenters. The molecule has 3 rings (SSSR count). The number of carbonyl (C=O) groups excluding carboxylic acids is 1. The van der Waals surface area contributed by atoms with Crippen LogP contribution in [-0.2, 0) is 6.42 Å². The number of hydrogen-bond acceptors (Lipinski definition) is 3. The predicted octanol–water partition coefficient (Wildman–Crippen LogP) is 2.72. The Morgan fingerprint density at radius 2 is 1.89 bits per heavy atom. The minimum Gasteiger partial charge on any atom is -0.370 e. The molecule has 1 aromatic carbocycles. The Hall–Kier alpha value is -2.16. The minimum atomic E-state index is 0.260. The van der Waals surface area contributed by atoms with E-state index in [9.17, 15) is 4.79 Å². The van der Waals surface area contributed by atoms with Gasteiger partial charge in [0, 0.05) is 43.2 Å². The maximum Gasteiger partial charge on any atom is 0.166 e. The molecule has 19 heavy (non-hydrogen) atoms. The van der Waals surface area contributed by atoms with Gasteiger partial charge in [0.25, 0.3) is 0 Å². The molecule has 0 bridgehead atoms. The summed E-state index contributed by atoms with van der Waals surface area (Å²) >= 11 is 0. The van der Waals surface area contributed by atoms with Gasteiger partial charge in [-0.15, -0.1) is 0 Å². The van der Waals surface area contributed by atoms with E-state index < -0.39 is 0 Å². The Bertz CT molecular complexity index is 580. The van der Waals surface area contributed by atoms with Crippen molar-refractivity contribution in [2.24, 2.45) is 0 Å². The third-order valence-electron chi connectivity index (χ3n) is 3.57. The molecule has 0 spiro atoms. The fourth-order valence-electron chi connectivity index (χ4n) is 2.52. The van der Waals surface area contributed by atoms with Crippen molar-refractivity contribution in [3.05, 3.63) is 59.9 Å². The van der Waals surface area contributed by atoms with Crippen molar-refractivity contribution in [3.63, 3.8) is 0 Å². The van der Waals surface area contributed by atoms with Gasteiger partial charge in [-0.05, 0) is 36.2 Å². The number of ketones is 1. The van der Waals surface area contributed by atoms with Gasteiger partial charge in [-0.3, -0.25) is 9.78 Å². The molecule has 3 heteroatoms. The van der Waals surface area contributed by atoms with Gasteiger partial charge in [-0.2, -0.15) is 0 Å². The monoisotopic (exact) mass is 252 g/mol. The number of para-hydroxylation sites is 1. The number of anilines is 1. The number of Topliss-reactive ketones (excluding diaryl/α,β-unsaturated/α-hetero) is 1. The molecule has 0 saturated heterocycles. The number of hydrogen-bond donors (Lipinski definition) is 0. The minimum absolute atomic E-state index is 0.260. The standard InChI is InChI=1S/C16H16N2O/c19-16-8-12-18(15-4-2-1-3-14(15)16)11-7-13-5-9-17-10-6-13/h1-6,9-10H,7-8,11-12H2. The summed E-state index contributed by atoms with van der Waals surface area (Å²) in [5, 5.41) is 0. The van der Waals surface area contributed by atoms with E-state index in [0.29, 0.717) is 6.42 Å². The number of nitrogens with zero attached hydrogens (tertiary/aromatic N) is 2. The van der Waals surface area contributed by atoms with Crippen LogP contribution in [-0.4, -0.2) is 23.9 Å². The van der Waals surface area contributed by atoms with Crippen LogP contribution in [0.25, 0.3) is 0 Å². The number of carbonyl (C=O) groups is 1. The van der Waals surface area contributed by atoms with Crippen molar-refractivity contribution in [2.75, 3.05) is 18.0 Å². The van der Waals surface area contributed by atoms with Crippen LogP contribution in [0.2, 0.25) is 0 Å². The van der Waals surface area contributed by atoms with E-state index in [1.807, 2.05) is 48.8 Å². The first kappa shape index (κ1) is 11.9. The van der Waals surface area contributed by atoms with E-state index in [1.54, 1.807) is 0 Å². The van der Waals surface area contributed by atoms with Crippen LogP contribution >= 0.6 is 0 Å². The largest absolute Gasteiger partial charge is 0.370 e. The van der Waals surface area contributed by atoms with Crippen LogP contribution in [0.4, 0.5) is 5.69 Å². The fourth-order valence-corrected chi connectivity index (χ4v) is 2.52. The van der Waals surface area contributed by atoms with Gasteiger partial charge in [0.15, 0.2) is 5.78 Å². The molecule has 3 nitrogen and oxygen atoms in total. The average molecular weight is 252 g/mol. The predicted molar refractivity (Wildman–Crippen MR) is 75.5 cm³/mol. The van der Waals surface area contributed by atoms with E-state index in [1.165, 1.54) is 5.56 Å². The summed E-state index contributed by atoms with van der Waals surface area (Å²) in [7, 11) is 0. The smallest absolute Gasteiger partial charge is 0.166 e. The number of aromatic nitrogens is 1. The molecule has 96 valence electrons. The lowest BCUT2D eigenvalue weighted by molar-refractivity contribution is 0.0980. The third-order valence-corrected chi connectivity index (χ3v) is 3.57. The molecule has 0 fully saturated rings. The number of pyridine rings is 1. The molecule has 1 aromatic heterocycles. The van der Waals surface area contributed by atoms with E-state index in [0.717, 1.165) is 30.8 Å². The zero-order valence-electron chi connectivity index (χ0n) is 10.7. The van der Waals surface area contributed by atoms with Crippen molar-refractivity contribution in [3.8, 4) is 0 Å². The summed E-state index contributed by atoms with van der Waals surface area (Å²) in [5.74, 6) is 0.260. The van der Waals surface area contributed by atoms with Crippen LogP contribution in [0.5, 0.6) is 0 Å². The maximum atomic E-state index is 11.9. The van der Waals surface area contributed by atoms with Crippen molar-refractivity contribution in [2.45, 2.75) is 12.8 Å². The molecule has 0 amide bonds. The van der Waals surface area contributed by atoms with Gasteiger partial charge >= 0.3 is 0 Å². The highest BCUT2D eigenvalue weighted by atomic mass is 16.1. The molecule has 2 aromatic rings. The molecule has 0 N–H and O–H groups in total. The molecule has 1 aliphatic heterocycles. The van der Waals surface area contributed by atoms with Gasteiger partial charge < -0.3 is 4.90 Å². The van der Waals surface area contributed by atoms with E-state index in [-0.39, 0.29) is 5.78 Å². The number of benzene rings is 1. The highest BCUT2D eigenvalue weighted by Gasteiger charge is 2.21. The van der Waals surface area contributed by atoms with Gasteiger partial charge in [-0.25, -0.2) is 0 Å². The molecular formula is C16H16N2O. The maximum absolute atomic E-state index is 11.9. The lowest BCUT2D eigenvalue weighted by Crippen LogP contribution is -2.33. The molecule has 0 atom stereocenters. The van der Waals surface area contributed by atoms with Crippen LogP contribution in [0.3, 0.4) is 0 Å². The van der Waals surface area contributed by atoms with E-state index >= 15 is 0 Å². The van der Waals surface area contributed by atoms with Crippen LogP contribution < -0.4 is 4.90 Å². The van der Waals surface area contributed by atoms with Crippen molar-refractivity contribution < 1.29 is 4.79 Å². The highest BCUT2D eigenvalue weighted by molar-refractivity contribution is 6.03. The van der Waals surface area contributed by atoms with E-state index in [4.69, 9.17) is 0 Å². The van der Waals surface area contributed by atoms with Crippen LogP contribution in [0.1, 0.15) is 22.3 Å². The third kappa shape index (κ3) is 2.50. The SMILES string of the molecule is O=C1CCN(CCc2ccncc2)c2ccccc21. The van der Waals surface area contributed by atoms with Gasteiger partial charge in [0.1, 0.15) is 0 Å². The molecule has 0 radical (unpaired) electrons. The topological polar surface area (TPSA) is 33.2 Å². The Labute approximate surface area is 112 Å². The van der Waals surface area contributed by atoms with Crippen molar-refractivity contribution in [1.29, 1.82) is 0 Å². The summed E-state index contributed by atoms with van der Waals surface area (Å²) in [6.45, 7) is 1.76. The summed E-state index contributed by atoms with van der Waals surface area (Å²) in [4.78, 5) is 18.2. The quantitative estimate of drug-likeness (QED) is 0.842. The second-order valence-electron chi connectivity index (χ2n) is 4.78. The highest BCUT2D eigenvalue weighted by Crippen LogP contribution is 2.26. The molecule has 0 saturated carbocycles. The Kier molecular flexibility index (Phi) is 3.27. The normalized spacial score (nSPS) is 14.3. The lowest BCUT2D eigenvalue weighted by Gasteiger charge is -2.30. The lowest BCUT2D eigenvalue weighted by atomic mass is 10.00. The summed E-state index contributed by atoms with van der Waals surface area (Å²) in [5.41, 5.74) is 3.22. The molecule has 0 aliphatic carbocycles. The zero-order valence-corrected chi connectivity index (χ0v) is 10.7. The summed E-state index contributed by atoms with van der Waals surface area (Å²) in [6, 6.07) is 12.0. The van der Waals surface area contributed by atoms with Crippen LogP contribution in [0.15, 0.2) is 48.8 Å².